The molecule has 0 heterocycles. The fraction of sp³-hybridized carbons (Fsp3) is 0.714. The minimum atomic E-state index is 0.0278. The average Bonchev–Trinajstić information content (AvgIpc) is 1.91. The Bertz CT molecular complexity index is 50.8. The molecule has 62 valence electrons. The van der Waals surface area contributed by atoms with Crippen LogP contribution in [0, 0.1) is 0 Å². The van der Waals surface area contributed by atoms with Crippen LogP contribution in [0.3, 0.4) is 0 Å². The standard InChI is InChI=1S/C4H10O3.C3H6/c5-1-3-7-4-2-6;1-3-2/h5-6H,1-4H2;3H,1H2,2H3. The van der Waals surface area contributed by atoms with E-state index in [4.69, 9.17) is 10.2 Å². The Kier molecular flexibility index (Phi) is 19.5. The van der Waals surface area contributed by atoms with Crippen molar-refractivity contribution >= 4 is 0 Å². The molecule has 0 aromatic rings. The first-order chi connectivity index (χ1) is 4.83. The number of aliphatic hydroxyl groups is 2. The molecule has 0 saturated carbocycles. The van der Waals surface area contributed by atoms with Crippen LogP contribution >= 0.6 is 0 Å². The van der Waals surface area contributed by atoms with Gasteiger partial charge in [0.1, 0.15) is 0 Å². The van der Waals surface area contributed by atoms with Gasteiger partial charge in [0, 0.05) is 0 Å². The molecule has 0 atom stereocenters. The molecule has 0 fully saturated rings. The maximum atomic E-state index is 8.09. The van der Waals surface area contributed by atoms with Gasteiger partial charge in [-0.05, 0) is 6.92 Å². The molecule has 0 radical (unpaired) electrons. The summed E-state index contributed by atoms with van der Waals surface area (Å²) in [6.45, 7) is 5.95. The van der Waals surface area contributed by atoms with Gasteiger partial charge < -0.3 is 14.9 Å². The van der Waals surface area contributed by atoms with Crippen molar-refractivity contribution in [2.75, 3.05) is 26.4 Å². The quantitative estimate of drug-likeness (QED) is 0.441. The van der Waals surface area contributed by atoms with E-state index in [1.54, 1.807) is 6.08 Å². The van der Waals surface area contributed by atoms with Gasteiger partial charge in [0.25, 0.3) is 0 Å². The first-order valence-electron chi connectivity index (χ1n) is 3.20. The van der Waals surface area contributed by atoms with Crippen LogP contribution in [0.4, 0.5) is 0 Å². The van der Waals surface area contributed by atoms with E-state index in [1.807, 2.05) is 6.92 Å². The zero-order valence-corrected chi connectivity index (χ0v) is 6.42. The highest BCUT2D eigenvalue weighted by Gasteiger charge is 1.79. The molecule has 0 saturated heterocycles. The van der Waals surface area contributed by atoms with Gasteiger partial charge in [0.15, 0.2) is 0 Å². The van der Waals surface area contributed by atoms with E-state index in [-0.39, 0.29) is 13.2 Å². The summed E-state index contributed by atoms with van der Waals surface area (Å²) in [5, 5.41) is 16.2. The maximum Gasteiger partial charge on any atom is 0.0698 e. The number of rotatable bonds is 4. The molecular formula is C7H16O3. The molecule has 2 N–H and O–H groups in total. The Hall–Kier alpha value is -0.380. The highest BCUT2D eigenvalue weighted by atomic mass is 16.5. The van der Waals surface area contributed by atoms with Gasteiger partial charge in [-0.3, -0.25) is 0 Å². The lowest BCUT2D eigenvalue weighted by Gasteiger charge is -1.94. The summed E-state index contributed by atoms with van der Waals surface area (Å²) in [6, 6.07) is 0. The molecule has 0 aliphatic rings. The van der Waals surface area contributed by atoms with Gasteiger partial charge >= 0.3 is 0 Å². The predicted molar refractivity (Wildman–Crippen MR) is 40.9 cm³/mol. The van der Waals surface area contributed by atoms with Crippen molar-refractivity contribution < 1.29 is 14.9 Å². The second-order valence-electron chi connectivity index (χ2n) is 1.47. The van der Waals surface area contributed by atoms with Crippen molar-refractivity contribution in [1.82, 2.24) is 0 Å². The number of allylic oxidation sites excluding steroid dienone is 1. The Balaban J connectivity index is 0. The number of hydrogen-bond donors (Lipinski definition) is 2. The van der Waals surface area contributed by atoms with Crippen molar-refractivity contribution in [3.8, 4) is 0 Å². The lowest BCUT2D eigenvalue weighted by molar-refractivity contribution is 0.0650. The van der Waals surface area contributed by atoms with Gasteiger partial charge in [-0.25, -0.2) is 0 Å². The molecular weight excluding hydrogens is 132 g/mol. The molecule has 0 aromatic carbocycles. The van der Waals surface area contributed by atoms with Gasteiger partial charge in [-0.2, -0.15) is 0 Å². The zero-order chi connectivity index (χ0) is 8.24. The van der Waals surface area contributed by atoms with Crippen LogP contribution in [0.5, 0.6) is 0 Å². The molecule has 3 heteroatoms. The topological polar surface area (TPSA) is 49.7 Å². The molecule has 0 aromatic heterocycles. The smallest absolute Gasteiger partial charge is 0.0698 e. The SMILES string of the molecule is C=CC.OCCOCCO. The zero-order valence-electron chi connectivity index (χ0n) is 6.42. The van der Waals surface area contributed by atoms with Gasteiger partial charge in [0.05, 0.1) is 26.4 Å². The monoisotopic (exact) mass is 148 g/mol. The molecule has 0 rings (SSSR count). The van der Waals surface area contributed by atoms with Crippen LogP contribution in [0.1, 0.15) is 6.92 Å². The Labute approximate surface area is 61.9 Å². The Morgan fingerprint density at radius 2 is 1.60 bits per heavy atom. The van der Waals surface area contributed by atoms with E-state index in [2.05, 4.69) is 11.3 Å². The molecule has 0 spiro atoms. The van der Waals surface area contributed by atoms with E-state index in [0.29, 0.717) is 13.2 Å². The van der Waals surface area contributed by atoms with Gasteiger partial charge in [-0.1, -0.05) is 6.08 Å². The van der Waals surface area contributed by atoms with Crippen molar-refractivity contribution in [2.24, 2.45) is 0 Å². The lowest BCUT2D eigenvalue weighted by Crippen LogP contribution is -2.03. The van der Waals surface area contributed by atoms with E-state index >= 15 is 0 Å². The van der Waals surface area contributed by atoms with Crippen LogP contribution in [0.25, 0.3) is 0 Å². The summed E-state index contributed by atoms with van der Waals surface area (Å²) in [6.07, 6.45) is 1.75. The summed E-state index contributed by atoms with van der Waals surface area (Å²) >= 11 is 0. The first kappa shape index (κ1) is 12.3. The fourth-order valence-corrected chi connectivity index (χ4v) is 0.231. The Morgan fingerprint density at radius 3 is 1.80 bits per heavy atom. The highest BCUT2D eigenvalue weighted by molar-refractivity contribution is 4.51. The molecule has 0 bridgehead atoms. The third-order valence-electron chi connectivity index (χ3n) is 0.471. The summed E-state index contributed by atoms with van der Waals surface area (Å²) in [5.41, 5.74) is 0. The van der Waals surface area contributed by atoms with Crippen LogP contribution in [0.15, 0.2) is 12.7 Å². The van der Waals surface area contributed by atoms with E-state index in [1.165, 1.54) is 0 Å². The second-order valence-corrected chi connectivity index (χ2v) is 1.47. The molecule has 0 amide bonds. The third-order valence-corrected chi connectivity index (χ3v) is 0.471. The van der Waals surface area contributed by atoms with Crippen LogP contribution in [-0.2, 0) is 4.74 Å². The van der Waals surface area contributed by atoms with E-state index < -0.39 is 0 Å². The molecule has 0 unspecified atom stereocenters. The number of aliphatic hydroxyl groups excluding tert-OH is 2. The first-order valence-corrected chi connectivity index (χ1v) is 3.20. The van der Waals surface area contributed by atoms with Crippen LogP contribution in [-0.4, -0.2) is 36.6 Å². The third kappa shape index (κ3) is 25.5. The number of ether oxygens (including phenoxy) is 1. The minimum absolute atomic E-state index is 0.0278. The summed E-state index contributed by atoms with van der Waals surface area (Å²) in [5.74, 6) is 0. The van der Waals surface area contributed by atoms with Crippen molar-refractivity contribution in [3.05, 3.63) is 12.7 Å². The Morgan fingerprint density at radius 1 is 1.30 bits per heavy atom. The van der Waals surface area contributed by atoms with Gasteiger partial charge in [0.2, 0.25) is 0 Å². The summed E-state index contributed by atoms with van der Waals surface area (Å²) < 4.78 is 4.63. The highest BCUT2D eigenvalue weighted by Crippen LogP contribution is 1.68. The van der Waals surface area contributed by atoms with Crippen LogP contribution < -0.4 is 0 Å². The van der Waals surface area contributed by atoms with Crippen molar-refractivity contribution in [2.45, 2.75) is 6.92 Å². The largest absolute Gasteiger partial charge is 0.394 e. The van der Waals surface area contributed by atoms with E-state index in [9.17, 15) is 0 Å². The number of hydrogen-bond acceptors (Lipinski definition) is 3. The minimum Gasteiger partial charge on any atom is -0.394 e. The molecule has 0 aliphatic heterocycles. The second kappa shape index (κ2) is 15.8. The molecule has 10 heavy (non-hydrogen) atoms. The van der Waals surface area contributed by atoms with Crippen LogP contribution in [0.2, 0.25) is 0 Å². The van der Waals surface area contributed by atoms with Crippen molar-refractivity contribution in [1.29, 1.82) is 0 Å². The normalized spacial score (nSPS) is 7.90. The predicted octanol–water partition coefficient (Wildman–Crippen LogP) is 0.180. The molecule has 3 nitrogen and oxygen atoms in total. The molecule has 0 aliphatic carbocycles. The summed E-state index contributed by atoms with van der Waals surface area (Å²) in [4.78, 5) is 0. The van der Waals surface area contributed by atoms with Gasteiger partial charge in [-0.15, -0.1) is 6.58 Å². The fourth-order valence-electron chi connectivity index (χ4n) is 0.231. The lowest BCUT2D eigenvalue weighted by atomic mass is 10.7. The summed E-state index contributed by atoms with van der Waals surface area (Å²) in [7, 11) is 0. The van der Waals surface area contributed by atoms with Crippen molar-refractivity contribution in [3.63, 3.8) is 0 Å². The average molecular weight is 148 g/mol. The maximum absolute atomic E-state index is 8.09. The van der Waals surface area contributed by atoms with E-state index in [0.717, 1.165) is 0 Å².